The average Bonchev–Trinajstić information content (AvgIpc) is 2.53. The van der Waals surface area contributed by atoms with E-state index in [1.807, 2.05) is 37.1 Å². The minimum Gasteiger partial charge on any atom is -0.355 e. The summed E-state index contributed by atoms with van der Waals surface area (Å²) in [6.07, 6.45) is 0. The minimum absolute atomic E-state index is 0. The quantitative estimate of drug-likeness (QED) is 0.157. The number of amides is 1. The highest BCUT2D eigenvalue weighted by atomic mass is 127. The summed E-state index contributed by atoms with van der Waals surface area (Å²) in [6, 6.07) is 10.3. The van der Waals surface area contributed by atoms with Gasteiger partial charge in [-0.1, -0.05) is 30.4 Å². The number of carbonyl (C=O) groups is 1. The molecule has 1 aromatic rings. The number of benzene rings is 1. The molecule has 1 N–H and O–H groups in total. The molecule has 0 saturated carbocycles. The van der Waals surface area contributed by atoms with Gasteiger partial charge >= 0.3 is 0 Å². The van der Waals surface area contributed by atoms with E-state index in [0.717, 1.165) is 23.8 Å². The fourth-order valence-corrected chi connectivity index (χ4v) is 2.71. The van der Waals surface area contributed by atoms with Crippen molar-refractivity contribution in [1.82, 2.24) is 15.1 Å². The molecule has 0 saturated heterocycles. The lowest BCUT2D eigenvalue weighted by molar-refractivity contribution is -0.127. The van der Waals surface area contributed by atoms with Crippen LogP contribution in [0.15, 0.2) is 52.4 Å². The standard InChI is InChI=1S/C18H28N4OS.HI/c1-15(2)14-22(5)18(20-13-17(23)21(3)4)19-11-12-24-16-9-7-6-8-10-16;/h6-10H,1,11-14H2,2-5H3,(H,19,20);1H. The van der Waals surface area contributed by atoms with E-state index in [9.17, 15) is 4.79 Å². The second kappa shape index (κ2) is 13.0. The van der Waals surface area contributed by atoms with Crippen LogP contribution in [0.4, 0.5) is 0 Å². The van der Waals surface area contributed by atoms with Crippen LogP contribution < -0.4 is 5.32 Å². The lowest BCUT2D eigenvalue weighted by Gasteiger charge is -2.22. The molecule has 140 valence electrons. The van der Waals surface area contributed by atoms with Crippen LogP contribution in [-0.2, 0) is 4.79 Å². The normalized spacial score (nSPS) is 10.6. The summed E-state index contributed by atoms with van der Waals surface area (Å²) in [5, 5.41) is 3.33. The highest BCUT2D eigenvalue weighted by molar-refractivity contribution is 14.0. The van der Waals surface area contributed by atoms with Crippen molar-refractivity contribution < 1.29 is 4.79 Å². The van der Waals surface area contributed by atoms with Gasteiger partial charge in [-0.3, -0.25) is 4.79 Å². The molecule has 25 heavy (non-hydrogen) atoms. The van der Waals surface area contributed by atoms with E-state index in [-0.39, 0.29) is 36.4 Å². The number of hydrogen-bond acceptors (Lipinski definition) is 3. The Morgan fingerprint density at radius 3 is 2.44 bits per heavy atom. The maximum absolute atomic E-state index is 11.8. The Hall–Kier alpha value is -1.22. The van der Waals surface area contributed by atoms with Crippen LogP contribution >= 0.6 is 35.7 Å². The van der Waals surface area contributed by atoms with Crippen LogP contribution in [0.5, 0.6) is 0 Å². The molecule has 7 heteroatoms. The van der Waals surface area contributed by atoms with Gasteiger partial charge in [-0.25, -0.2) is 4.99 Å². The molecule has 0 aliphatic rings. The Balaban J connectivity index is 0.00000576. The van der Waals surface area contributed by atoms with Crippen LogP contribution in [0.25, 0.3) is 0 Å². The van der Waals surface area contributed by atoms with E-state index < -0.39 is 0 Å². The van der Waals surface area contributed by atoms with Gasteiger partial charge in [0, 0.05) is 44.9 Å². The van der Waals surface area contributed by atoms with Crippen molar-refractivity contribution in [3.8, 4) is 0 Å². The molecule has 0 unspecified atom stereocenters. The molecule has 0 fully saturated rings. The third-order valence-corrected chi connectivity index (χ3v) is 4.14. The number of hydrogen-bond donors (Lipinski definition) is 1. The second-order valence-corrected chi connectivity index (χ2v) is 7.00. The molecule has 0 aliphatic carbocycles. The van der Waals surface area contributed by atoms with Gasteiger partial charge in [0.25, 0.3) is 0 Å². The van der Waals surface area contributed by atoms with E-state index >= 15 is 0 Å². The highest BCUT2D eigenvalue weighted by Crippen LogP contribution is 2.15. The molecule has 1 aromatic carbocycles. The number of halogens is 1. The first-order valence-electron chi connectivity index (χ1n) is 7.92. The number of aliphatic imine (C=N–C) groups is 1. The van der Waals surface area contributed by atoms with Gasteiger partial charge in [-0.15, -0.1) is 35.7 Å². The molecule has 5 nitrogen and oxygen atoms in total. The molecule has 0 radical (unpaired) electrons. The molecular weight excluding hydrogens is 447 g/mol. The van der Waals surface area contributed by atoms with E-state index in [2.05, 4.69) is 29.0 Å². The summed E-state index contributed by atoms with van der Waals surface area (Å²) in [7, 11) is 5.42. The SMILES string of the molecule is C=C(C)CN(C)C(=NCC(=O)N(C)C)NCCSc1ccccc1.I. The highest BCUT2D eigenvalue weighted by Gasteiger charge is 2.09. The summed E-state index contributed by atoms with van der Waals surface area (Å²) >= 11 is 1.79. The monoisotopic (exact) mass is 476 g/mol. The summed E-state index contributed by atoms with van der Waals surface area (Å²) in [4.78, 5) is 21.0. The number of nitrogens with one attached hydrogen (secondary N) is 1. The van der Waals surface area contributed by atoms with Gasteiger partial charge < -0.3 is 15.1 Å². The zero-order valence-electron chi connectivity index (χ0n) is 15.5. The predicted octanol–water partition coefficient (Wildman–Crippen LogP) is 2.94. The number of carbonyl (C=O) groups excluding carboxylic acids is 1. The topological polar surface area (TPSA) is 47.9 Å². The third kappa shape index (κ3) is 10.4. The zero-order valence-corrected chi connectivity index (χ0v) is 18.6. The van der Waals surface area contributed by atoms with Crippen molar-refractivity contribution in [2.45, 2.75) is 11.8 Å². The van der Waals surface area contributed by atoms with Crippen LogP contribution in [0.3, 0.4) is 0 Å². The van der Waals surface area contributed by atoms with E-state index in [1.165, 1.54) is 4.90 Å². The van der Waals surface area contributed by atoms with Gasteiger partial charge in [-0.2, -0.15) is 0 Å². The maximum atomic E-state index is 11.8. The van der Waals surface area contributed by atoms with Crippen molar-refractivity contribution in [3.05, 3.63) is 42.5 Å². The first-order valence-corrected chi connectivity index (χ1v) is 8.90. The Bertz CT molecular complexity index is 563. The number of likely N-dealkylation sites (N-methyl/N-ethyl adjacent to an activating group) is 2. The van der Waals surface area contributed by atoms with Crippen LogP contribution in [0.1, 0.15) is 6.92 Å². The van der Waals surface area contributed by atoms with Crippen molar-refractivity contribution in [3.63, 3.8) is 0 Å². The lowest BCUT2D eigenvalue weighted by atomic mass is 10.3. The molecule has 0 bridgehead atoms. The van der Waals surface area contributed by atoms with Gasteiger partial charge in [0.05, 0.1) is 0 Å². The Labute approximate surface area is 173 Å². The molecule has 1 rings (SSSR count). The molecule has 0 aromatic heterocycles. The first-order chi connectivity index (χ1) is 11.4. The van der Waals surface area contributed by atoms with Crippen molar-refractivity contribution in [2.75, 3.05) is 46.5 Å². The zero-order chi connectivity index (χ0) is 17.9. The van der Waals surface area contributed by atoms with Crippen molar-refractivity contribution >= 4 is 47.6 Å². The second-order valence-electron chi connectivity index (χ2n) is 5.83. The Morgan fingerprint density at radius 1 is 1.24 bits per heavy atom. The number of nitrogens with zero attached hydrogens (tertiary/aromatic N) is 3. The lowest BCUT2D eigenvalue weighted by Crippen LogP contribution is -2.41. The minimum atomic E-state index is -0.0170. The molecule has 1 amide bonds. The molecule has 0 spiro atoms. The van der Waals surface area contributed by atoms with Gasteiger partial charge in [0.1, 0.15) is 6.54 Å². The molecule has 0 heterocycles. The van der Waals surface area contributed by atoms with E-state index in [1.54, 1.807) is 30.8 Å². The Kier molecular flexibility index (Phi) is 12.4. The molecular formula is C18H29IN4OS. The van der Waals surface area contributed by atoms with Crippen LogP contribution in [-0.4, -0.2) is 68.2 Å². The van der Waals surface area contributed by atoms with Crippen molar-refractivity contribution in [2.24, 2.45) is 4.99 Å². The fourth-order valence-electron chi connectivity index (χ4n) is 1.92. The van der Waals surface area contributed by atoms with Gasteiger partial charge in [0.15, 0.2) is 5.96 Å². The van der Waals surface area contributed by atoms with Crippen LogP contribution in [0.2, 0.25) is 0 Å². The van der Waals surface area contributed by atoms with Crippen LogP contribution in [0, 0.1) is 0 Å². The first kappa shape index (κ1) is 23.8. The van der Waals surface area contributed by atoms with E-state index in [0.29, 0.717) is 6.54 Å². The number of thioether (sulfide) groups is 1. The summed E-state index contributed by atoms with van der Waals surface area (Å²) in [6.45, 7) is 7.53. The Morgan fingerprint density at radius 2 is 1.88 bits per heavy atom. The average molecular weight is 476 g/mol. The fraction of sp³-hybridized carbons (Fsp3) is 0.444. The summed E-state index contributed by atoms with van der Waals surface area (Å²) in [5.74, 6) is 1.63. The van der Waals surface area contributed by atoms with Gasteiger partial charge in [0.2, 0.25) is 5.91 Å². The number of guanidine groups is 1. The predicted molar refractivity (Wildman–Crippen MR) is 119 cm³/mol. The summed E-state index contributed by atoms with van der Waals surface area (Å²) in [5.41, 5.74) is 1.05. The van der Waals surface area contributed by atoms with Gasteiger partial charge in [-0.05, 0) is 19.1 Å². The number of rotatable bonds is 8. The molecule has 0 aliphatic heterocycles. The largest absolute Gasteiger partial charge is 0.355 e. The van der Waals surface area contributed by atoms with Crippen molar-refractivity contribution in [1.29, 1.82) is 0 Å². The maximum Gasteiger partial charge on any atom is 0.243 e. The molecule has 0 atom stereocenters. The van der Waals surface area contributed by atoms with E-state index in [4.69, 9.17) is 0 Å². The smallest absolute Gasteiger partial charge is 0.243 e. The third-order valence-electron chi connectivity index (χ3n) is 3.13. The summed E-state index contributed by atoms with van der Waals surface area (Å²) < 4.78 is 0.